The normalized spacial score (nSPS) is 21.1. The van der Waals surface area contributed by atoms with Crippen LogP contribution < -0.4 is 10.1 Å². The first-order chi connectivity index (χ1) is 9.00. The molecule has 1 heterocycles. The van der Waals surface area contributed by atoms with Gasteiger partial charge in [0.1, 0.15) is 6.10 Å². The van der Waals surface area contributed by atoms with Crippen LogP contribution >= 0.6 is 0 Å². The molecule has 0 spiro atoms. The third kappa shape index (κ3) is 3.93. The second-order valence-electron chi connectivity index (χ2n) is 6.42. The minimum absolute atomic E-state index is 0.331. The van der Waals surface area contributed by atoms with Gasteiger partial charge in [0.15, 0.2) is 0 Å². The fourth-order valence-electron chi connectivity index (χ4n) is 2.55. The summed E-state index contributed by atoms with van der Waals surface area (Å²) < 4.78 is 5.99. The predicted molar refractivity (Wildman–Crippen MR) is 78.4 cm³/mol. The van der Waals surface area contributed by atoms with Crippen molar-refractivity contribution >= 4 is 0 Å². The maximum Gasteiger partial charge on any atom is 0.213 e. The van der Waals surface area contributed by atoms with Crippen LogP contribution in [0.1, 0.15) is 58.1 Å². The third-order valence-electron chi connectivity index (χ3n) is 4.27. The quantitative estimate of drug-likeness (QED) is 0.898. The molecule has 1 N–H and O–H groups in total. The molecule has 1 aliphatic rings. The van der Waals surface area contributed by atoms with E-state index >= 15 is 0 Å². The zero-order valence-corrected chi connectivity index (χ0v) is 12.6. The first-order valence-corrected chi connectivity index (χ1v) is 7.30. The van der Waals surface area contributed by atoms with Crippen molar-refractivity contribution < 1.29 is 4.74 Å². The maximum absolute atomic E-state index is 5.99. The van der Waals surface area contributed by atoms with Gasteiger partial charge in [0.25, 0.3) is 0 Å². The number of rotatable bonds is 4. The molecule has 0 aliphatic heterocycles. The zero-order valence-electron chi connectivity index (χ0n) is 12.6. The van der Waals surface area contributed by atoms with Crippen molar-refractivity contribution in [2.24, 2.45) is 5.41 Å². The van der Waals surface area contributed by atoms with Crippen LogP contribution in [0.4, 0.5) is 0 Å². The zero-order chi connectivity index (χ0) is 13.9. The lowest BCUT2D eigenvalue weighted by Gasteiger charge is -2.34. The highest BCUT2D eigenvalue weighted by Gasteiger charge is 2.27. The van der Waals surface area contributed by atoms with Crippen molar-refractivity contribution in [2.45, 2.75) is 58.6 Å². The van der Waals surface area contributed by atoms with Crippen LogP contribution in [0.15, 0.2) is 18.3 Å². The second kappa shape index (κ2) is 5.91. The van der Waals surface area contributed by atoms with Gasteiger partial charge in [0, 0.05) is 18.3 Å². The Morgan fingerprint density at radius 2 is 2.00 bits per heavy atom. The van der Waals surface area contributed by atoms with Crippen LogP contribution in [0.2, 0.25) is 0 Å². The molecule has 3 nitrogen and oxygen atoms in total. The largest absolute Gasteiger partial charge is 0.474 e. The molecule has 0 aromatic carbocycles. The molecular formula is C16H26N2O. The lowest BCUT2D eigenvalue weighted by molar-refractivity contribution is 0.0948. The molecule has 0 radical (unpaired) electrons. The Morgan fingerprint density at radius 3 is 2.53 bits per heavy atom. The second-order valence-corrected chi connectivity index (χ2v) is 6.42. The molecule has 1 aromatic rings. The Morgan fingerprint density at radius 1 is 1.32 bits per heavy atom. The van der Waals surface area contributed by atoms with Gasteiger partial charge < -0.3 is 10.1 Å². The van der Waals surface area contributed by atoms with Crippen LogP contribution in [-0.4, -0.2) is 18.1 Å². The topological polar surface area (TPSA) is 34.1 Å². The average Bonchev–Trinajstić information content (AvgIpc) is 2.41. The molecule has 1 saturated carbocycles. The Bertz CT molecular complexity index is 390. The number of nitrogens with zero attached hydrogens (tertiary/aromatic N) is 1. The fourth-order valence-corrected chi connectivity index (χ4v) is 2.55. The van der Waals surface area contributed by atoms with E-state index < -0.39 is 0 Å². The molecule has 0 amide bonds. The summed E-state index contributed by atoms with van der Waals surface area (Å²) in [6.07, 6.45) is 7.02. The Labute approximate surface area is 116 Å². The van der Waals surface area contributed by atoms with E-state index in [9.17, 15) is 0 Å². The summed E-state index contributed by atoms with van der Waals surface area (Å²) in [5, 5.41) is 3.21. The molecular weight excluding hydrogens is 236 g/mol. The molecule has 1 aliphatic carbocycles. The summed E-state index contributed by atoms with van der Waals surface area (Å²) in [4.78, 5) is 4.42. The van der Waals surface area contributed by atoms with Gasteiger partial charge >= 0.3 is 0 Å². The predicted octanol–water partition coefficient (Wildman–Crippen LogP) is 3.71. The number of hydrogen-bond acceptors (Lipinski definition) is 3. The first-order valence-electron chi connectivity index (χ1n) is 7.30. The van der Waals surface area contributed by atoms with Crippen molar-refractivity contribution in [3.63, 3.8) is 0 Å². The number of aromatic nitrogens is 1. The van der Waals surface area contributed by atoms with Crippen molar-refractivity contribution in [1.82, 2.24) is 10.3 Å². The minimum atomic E-state index is 0.331. The molecule has 19 heavy (non-hydrogen) atoms. The van der Waals surface area contributed by atoms with Gasteiger partial charge in [-0.25, -0.2) is 4.98 Å². The highest BCUT2D eigenvalue weighted by atomic mass is 16.5. The Balaban J connectivity index is 1.90. The lowest BCUT2D eigenvalue weighted by Crippen LogP contribution is -2.28. The number of nitrogens with one attached hydrogen (secondary N) is 1. The third-order valence-corrected chi connectivity index (χ3v) is 4.27. The number of pyridine rings is 1. The standard InChI is InChI=1S/C16H26N2O/c1-12(17-4)13-5-6-15(18-11-13)19-14-7-9-16(2,3)10-8-14/h5-6,11-12,14,17H,7-10H2,1-4H3. The van der Waals surface area contributed by atoms with Crippen LogP contribution in [0, 0.1) is 5.41 Å². The number of ether oxygens (including phenoxy) is 1. The fraction of sp³-hybridized carbons (Fsp3) is 0.688. The van der Waals surface area contributed by atoms with Gasteiger partial charge in [-0.05, 0) is 50.6 Å². The summed E-state index contributed by atoms with van der Waals surface area (Å²) in [5.41, 5.74) is 1.68. The van der Waals surface area contributed by atoms with Crippen LogP contribution in [0.3, 0.4) is 0 Å². The first kappa shape index (κ1) is 14.3. The molecule has 1 aromatic heterocycles. The summed E-state index contributed by atoms with van der Waals surface area (Å²) in [6.45, 7) is 6.81. The van der Waals surface area contributed by atoms with Gasteiger partial charge in [-0.1, -0.05) is 19.9 Å². The van der Waals surface area contributed by atoms with Gasteiger partial charge in [0.05, 0.1) is 0 Å². The summed E-state index contributed by atoms with van der Waals surface area (Å²) in [7, 11) is 1.96. The average molecular weight is 262 g/mol. The summed E-state index contributed by atoms with van der Waals surface area (Å²) >= 11 is 0. The highest BCUT2D eigenvalue weighted by molar-refractivity contribution is 5.20. The van der Waals surface area contributed by atoms with Crippen LogP contribution in [0.25, 0.3) is 0 Å². The van der Waals surface area contributed by atoms with E-state index in [0.29, 0.717) is 17.6 Å². The van der Waals surface area contributed by atoms with E-state index in [1.54, 1.807) is 0 Å². The van der Waals surface area contributed by atoms with E-state index in [2.05, 4.69) is 37.1 Å². The van der Waals surface area contributed by atoms with Gasteiger partial charge in [-0.2, -0.15) is 0 Å². The molecule has 1 atom stereocenters. The van der Waals surface area contributed by atoms with E-state index in [0.717, 1.165) is 18.7 Å². The van der Waals surface area contributed by atoms with Crippen molar-refractivity contribution in [2.75, 3.05) is 7.05 Å². The summed E-state index contributed by atoms with van der Waals surface area (Å²) in [5.74, 6) is 0.761. The Hall–Kier alpha value is -1.09. The van der Waals surface area contributed by atoms with Gasteiger partial charge in [-0.15, -0.1) is 0 Å². The van der Waals surface area contributed by atoms with Gasteiger partial charge in [-0.3, -0.25) is 0 Å². The van der Waals surface area contributed by atoms with E-state index in [1.165, 1.54) is 18.4 Å². The smallest absolute Gasteiger partial charge is 0.213 e. The molecule has 1 fully saturated rings. The van der Waals surface area contributed by atoms with E-state index in [4.69, 9.17) is 4.74 Å². The van der Waals surface area contributed by atoms with Gasteiger partial charge in [0.2, 0.25) is 5.88 Å². The van der Waals surface area contributed by atoms with Crippen molar-refractivity contribution in [1.29, 1.82) is 0 Å². The summed E-state index contributed by atoms with van der Waals surface area (Å²) in [6, 6.07) is 4.41. The lowest BCUT2D eigenvalue weighted by atomic mass is 9.76. The minimum Gasteiger partial charge on any atom is -0.474 e. The molecule has 1 unspecified atom stereocenters. The van der Waals surface area contributed by atoms with Crippen molar-refractivity contribution in [3.8, 4) is 5.88 Å². The SMILES string of the molecule is CNC(C)c1ccc(OC2CCC(C)(C)CC2)nc1. The van der Waals surface area contributed by atoms with E-state index in [1.807, 2.05) is 19.3 Å². The molecule has 3 heteroatoms. The number of hydrogen-bond donors (Lipinski definition) is 1. The molecule has 0 bridgehead atoms. The molecule has 0 saturated heterocycles. The van der Waals surface area contributed by atoms with Crippen LogP contribution in [-0.2, 0) is 0 Å². The monoisotopic (exact) mass is 262 g/mol. The van der Waals surface area contributed by atoms with E-state index in [-0.39, 0.29) is 0 Å². The molecule has 2 rings (SSSR count). The Kier molecular flexibility index (Phi) is 4.46. The molecule has 106 valence electrons. The van der Waals surface area contributed by atoms with Crippen molar-refractivity contribution in [3.05, 3.63) is 23.9 Å². The maximum atomic E-state index is 5.99. The van der Waals surface area contributed by atoms with Crippen LogP contribution in [0.5, 0.6) is 5.88 Å². The highest BCUT2D eigenvalue weighted by Crippen LogP contribution is 2.36.